The summed E-state index contributed by atoms with van der Waals surface area (Å²) in [5.74, 6) is 0.0222. The van der Waals surface area contributed by atoms with Crippen LogP contribution in [0, 0.1) is 3.57 Å². The number of rotatable bonds is 5. The zero-order chi connectivity index (χ0) is 12.8. The molecule has 1 amide bonds. The molecule has 17 heavy (non-hydrogen) atoms. The summed E-state index contributed by atoms with van der Waals surface area (Å²) in [6.45, 7) is 4.35. The number of hydrogen-bond donors (Lipinski definition) is 2. The topological polar surface area (TPSA) is 41.1 Å². The molecule has 0 heterocycles. The predicted octanol–water partition coefficient (Wildman–Crippen LogP) is 3.38. The zero-order valence-corrected chi connectivity index (χ0v) is 13.6. The van der Waals surface area contributed by atoms with Crippen LogP contribution >= 0.6 is 38.5 Å². The maximum Gasteiger partial charge on any atom is 0.239 e. The van der Waals surface area contributed by atoms with Gasteiger partial charge in [-0.2, -0.15) is 0 Å². The first-order valence-electron chi connectivity index (χ1n) is 5.51. The van der Waals surface area contributed by atoms with Crippen LogP contribution in [-0.2, 0) is 4.79 Å². The Bertz CT molecular complexity index is 398. The average Bonchev–Trinajstić information content (AvgIpc) is 2.30. The molecule has 1 atom stereocenters. The van der Waals surface area contributed by atoms with Crippen LogP contribution in [-0.4, -0.2) is 18.5 Å². The van der Waals surface area contributed by atoms with Crippen molar-refractivity contribution in [3.05, 3.63) is 26.2 Å². The number of carbonyl (C=O) groups excluding carboxylic acids is 1. The van der Waals surface area contributed by atoms with Crippen LogP contribution in [0.2, 0.25) is 0 Å². The summed E-state index contributed by atoms with van der Waals surface area (Å²) < 4.78 is 2.18. The van der Waals surface area contributed by atoms with Crippen LogP contribution in [0.3, 0.4) is 0 Å². The standard InChI is InChI=1S/C12H16BrIN2O/c1-3-8(2)16-12(17)7-15-9-4-5-11(14)10(13)6-9/h4-6,8,15H,3,7H2,1-2H3,(H,16,17). The summed E-state index contributed by atoms with van der Waals surface area (Å²) in [6, 6.07) is 6.16. The molecule has 1 aromatic rings. The van der Waals surface area contributed by atoms with Gasteiger partial charge in [-0.05, 0) is 70.1 Å². The lowest BCUT2D eigenvalue weighted by molar-refractivity contribution is -0.120. The Hall–Kier alpha value is -0.300. The van der Waals surface area contributed by atoms with Gasteiger partial charge >= 0.3 is 0 Å². The molecule has 0 aliphatic rings. The minimum atomic E-state index is 0.0222. The van der Waals surface area contributed by atoms with Gasteiger partial charge in [0.05, 0.1) is 6.54 Å². The number of halogens is 2. The third-order valence-corrected chi connectivity index (χ3v) is 4.73. The summed E-state index contributed by atoms with van der Waals surface area (Å²) >= 11 is 5.71. The highest BCUT2D eigenvalue weighted by atomic mass is 127. The summed E-state index contributed by atoms with van der Waals surface area (Å²) in [5, 5.41) is 6.01. The minimum absolute atomic E-state index is 0.0222. The van der Waals surface area contributed by atoms with Crippen molar-refractivity contribution in [3.8, 4) is 0 Å². The normalized spacial score (nSPS) is 12.0. The van der Waals surface area contributed by atoms with E-state index in [1.165, 1.54) is 0 Å². The monoisotopic (exact) mass is 410 g/mol. The lowest BCUT2D eigenvalue weighted by Gasteiger charge is -2.12. The van der Waals surface area contributed by atoms with E-state index in [-0.39, 0.29) is 11.9 Å². The van der Waals surface area contributed by atoms with Crippen LogP contribution < -0.4 is 10.6 Å². The first kappa shape index (κ1) is 14.8. The molecule has 0 spiro atoms. The lowest BCUT2D eigenvalue weighted by Crippen LogP contribution is -2.36. The van der Waals surface area contributed by atoms with Gasteiger partial charge in [0.15, 0.2) is 0 Å². The molecule has 2 N–H and O–H groups in total. The highest BCUT2D eigenvalue weighted by Gasteiger charge is 2.05. The molecule has 94 valence electrons. The second-order valence-corrected chi connectivity index (χ2v) is 5.88. The third-order valence-electron chi connectivity index (χ3n) is 2.39. The van der Waals surface area contributed by atoms with Gasteiger partial charge in [-0.1, -0.05) is 6.92 Å². The Labute approximate surface area is 124 Å². The number of anilines is 1. The van der Waals surface area contributed by atoms with Crippen molar-refractivity contribution in [2.45, 2.75) is 26.3 Å². The molecular weight excluding hydrogens is 395 g/mol. The molecule has 0 saturated heterocycles. The van der Waals surface area contributed by atoms with Gasteiger partial charge in [-0.15, -0.1) is 0 Å². The summed E-state index contributed by atoms with van der Waals surface area (Å²) in [7, 11) is 0. The second-order valence-electron chi connectivity index (χ2n) is 3.86. The molecule has 3 nitrogen and oxygen atoms in total. The van der Waals surface area contributed by atoms with E-state index in [1.807, 2.05) is 25.1 Å². The number of amides is 1. The molecule has 0 aromatic heterocycles. The number of hydrogen-bond acceptors (Lipinski definition) is 2. The van der Waals surface area contributed by atoms with E-state index in [0.29, 0.717) is 6.54 Å². The van der Waals surface area contributed by atoms with E-state index in [1.54, 1.807) is 0 Å². The fourth-order valence-electron chi connectivity index (χ4n) is 1.22. The molecule has 0 fully saturated rings. The van der Waals surface area contributed by atoms with Crippen LogP contribution in [0.4, 0.5) is 5.69 Å². The van der Waals surface area contributed by atoms with Gasteiger partial charge in [-0.25, -0.2) is 0 Å². The van der Waals surface area contributed by atoms with Crippen molar-refractivity contribution < 1.29 is 4.79 Å². The molecule has 5 heteroatoms. The summed E-state index contributed by atoms with van der Waals surface area (Å²) in [5.41, 5.74) is 0.941. The molecular formula is C12H16BrIN2O. The predicted molar refractivity (Wildman–Crippen MR) is 83.2 cm³/mol. The fraction of sp³-hybridized carbons (Fsp3) is 0.417. The maximum atomic E-state index is 11.6. The van der Waals surface area contributed by atoms with Crippen LogP contribution in [0.5, 0.6) is 0 Å². The van der Waals surface area contributed by atoms with Crippen molar-refractivity contribution in [1.82, 2.24) is 5.32 Å². The first-order chi connectivity index (χ1) is 8.02. The Morgan fingerprint density at radius 1 is 1.53 bits per heavy atom. The van der Waals surface area contributed by atoms with E-state index >= 15 is 0 Å². The Morgan fingerprint density at radius 2 is 2.24 bits per heavy atom. The Balaban J connectivity index is 2.45. The van der Waals surface area contributed by atoms with E-state index < -0.39 is 0 Å². The number of nitrogens with one attached hydrogen (secondary N) is 2. The van der Waals surface area contributed by atoms with Gasteiger partial charge in [-0.3, -0.25) is 4.79 Å². The second kappa shape index (κ2) is 7.20. The van der Waals surface area contributed by atoms with Crippen molar-refractivity contribution in [3.63, 3.8) is 0 Å². The number of benzene rings is 1. The first-order valence-corrected chi connectivity index (χ1v) is 7.38. The molecule has 0 radical (unpaired) electrons. The smallest absolute Gasteiger partial charge is 0.239 e. The third kappa shape index (κ3) is 5.25. The molecule has 0 aliphatic carbocycles. The van der Waals surface area contributed by atoms with Gasteiger partial charge < -0.3 is 10.6 Å². The molecule has 0 bridgehead atoms. The highest BCUT2D eigenvalue weighted by molar-refractivity contribution is 14.1. The van der Waals surface area contributed by atoms with Crippen molar-refractivity contribution in [2.24, 2.45) is 0 Å². The SMILES string of the molecule is CCC(C)NC(=O)CNc1ccc(I)c(Br)c1. The van der Waals surface area contributed by atoms with E-state index in [9.17, 15) is 4.79 Å². The number of carbonyl (C=O) groups is 1. The highest BCUT2D eigenvalue weighted by Crippen LogP contribution is 2.22. The molecule has 0 aliphatic heterocycles. The van der Waals surface area contributed by atoms with Crippen LogP contribution in [0.15, 0.2) is 22.7 Å². The van der Waals surface area contributed by atoms with E-state index in [4.69, 9.17) is 0 Å². The molecule has 1 aromatic carbocycles. The van der Waals surface area contributed by atoms with Crippen molar-refractivity contribution in [1.29, 1.82) is 0 Å². The van der Waals surface area contributed by atoms with Gasteiger partial charge in [0.1, 0.15) is 0 Å². The largest absolute Gasteiger partial charge is 0.376 e. The van der Waals surface area contributed by atoms with Crippen LogP contribution in [0.25, 0.3) is 0 Å². The average molecular weight is 411 g/mol. The zero-order valence-electron chi connectivity index (χ0n) is 9.89. The van der Waals surface area contributed by atoms with Crippen LogP contribution in [0.1, 0.15) is 20.3 Å². The molecule has 0 saturated carbocycles. The van der Waals surface area contributed by atoms with E-state index in [0.717, 1.165) is 20.2 Å². The minimum Gasteiger partial charge on any atom is -0.376 e. The Kier molecular flexibility index (Phi) is 6.26. The van der Waals surface area contributed by atoms with Gasteiger partial charge in [0.25, 0.3) is 0 Å². The van der Waals surface area contributed by atoms with Gasteiger partial charge in [0.2, 0.25) is 5.91 Å². The lowest BCUT2D eigenvalue weighted by atomic mass is 10.2. The Morgan fingerprint density at radius 3 is 2.82 bits per heavy atom. The van der Waals surface area contributed by atoms with Gasteiger partial charge in [0, 0.05) is 19.8 Å². The molecule has 1 rings (SSSR count). The summed E-state index contributed by atoms with van der Waals surface area (Å²) in [4.78, 5) is 11.6. The quantitative estimate of drug-likeness (QED) is 0.730. The van der Waals surface area contributed by atoms with E-state index in [2.05, 4.69) is 56.1 Å². The maximum absolute atomic E-state index is 11.6. The van der Waals surface area contributed by atoms with Crippen molar-refractivity contribution in [2.75, 3.05) is 11.9 Å². The molecule has 1 unspecified atom stereocenters. The fourth-order valence-corrected chi connectivity index (χ4v) is 1.93. The van der Waals surface area contributed by atoms with Crippen molar-refractivity contribution >= 4 is 50.1 Å². The summed E-state index contributed by atoms with van der Waals surface area (Å²) in [6.07, 6.45) is 0.945.